The van der Waals surface area contributed by atoms with Crippen molar-refractivity contribution < 1.29 is 28.6 Å². The van der Waals surface area contributed by atoms with Crippen LogP contribution in [-0.2, 0) is 28.6 Å². The van der Waals surface area contributed by atoms with Crippen LogP contribution in [0.25, 0.3) is 0 Å². The maximum absolute atomic E-state index is 12.8. The summed E-state index contributed by atoms with van der Waals surface area (Å²) in [6.45, 7) is 6.66. The molecule has 1 unspecified atom stereocenters. The highest BCUT2D eigenvalue weighted by atomic mass is 16.6. The fourth-order valence-corrected chi connectivity index (χ4v) is 10.4. The molecule has 0 aromatic heterocycles. The molecule has 0 spiro atoms. The van der Waals surface area contributed by atoms with Crippen LogP contribution in [0.4, 0.5) is 0 Å². The van der Waals surface area contributed by atoms with Gasteiger partial charge in [-0.25, -0.2) is 0 Å². The van der Waals surface area contributed by atoms with Crippen LogP contribution >= 0.6 is 0 Å². The van der Waals surface area contributed by atoms with Crippen molar-refractivity contribution in [2.75, 3.05) is 13.2 Å². The number of rotatable bonds is 63. The number of allylic oxidation sites excluding steroid dienone is 2. The summed E-state index contributed by atoms with van der Waals surface area (Å²) in [5, 5.41) is 0. The van der Waals surface area contributed by atoms with Gasteiger partial charge in [-0.05, 0) is 44.9 Å². The lowest BCUT2D eigenvalue weighted by Crippen LogP contribution is -2.30. The number of carbonyl (C=O) groups is 3. The molecule has 0 aromatic carbocycles. The molecule has 6 nitrogen and oxygen atoms in total. The van der Waals surface area contributed by atoms with Crippen molar-refractivity contribution in [3.63, 3.8) is 0 Å². The SMILES string of the molecule is CCCCCCCCCC/C=C\CCCCCCCCCCCCCCCCCCCC(=O)OCC(COC(=O)CCCCCCCC)OC(=O)CCCCCCCCCCCCCCCCCCCCCCC. The summed E-state index contributed by atoms with van der Waals surface area (Å²) >= 11 is 0. The first-order chi connectivity index (χ1) is 36.5. The third kappa shape index (κ3) is 61.0. The number of carbonyl (C=O) groups excluding carboxylic acids is 3. The van der Waals surface area contributed by atoms with Gasteiger partial charge >= 0.3 is 17.9 Å². The van der Waals surface area contributed by atoms with Crippen molar-refractivity contribution in [1.29, 1.82) is 0 Å². The molecule has 74 heavy (non-hydrogen) atoms. The van der Waals surface area contributed by atoms with Gasteiger partial charge in [0.1, 0.15) is 13.2 Å². The van der Waals surface area contributed by atoms with E-state index >= 15 is 0 Å². The number of esters is 3. The molecule has 0 N–H and O–H groups in total. The summed E-state index contributed by atoms with van der Waals surface area (Å²) in [6.07, 6.45) is 75.7. The fourth-order valence-electron chi connectivity index (χ4n) is 10.4. The third-order valence-corrected chi connectivity index (χ3v) is 15.5. The monoisotopic (exact) mass is 1040 g/mol. The summed E-state index contributed by atoms with van der Waals surface area (Å²) in [5.74, 6) is -0.844. The van der Waals surface area contributed by atoms with Gasteiger partial charge in [0.2, 0.25) is 0 Å². The lowest BCUT2D eigenvalue weighted by atomic mass is 10.0. The molecule has 0 bridgehead atoms. The molecule has 1 atom stereocenters. The van der Waals surface area contributed by atoms with Crippen LogP contribution in [0.1, 0.15) is 387 Å². The predicted molar refractivity (Wildman–Crippen MR) is 321 cm³/mol. The molecule has 0 heterocycles. The Bertz CT molecular complexity index is 1150. The second kappa shape index (κ2) is 63.7. The number of unbranched alkanes of at least 4 members (excludes halogenated alkanes) is 50. The largest absolute Gasteiger partial charge is 0.462 e. The van der Waals surface area contributed by atoms with E-state index < -0.39 is 6.10 Å². The normalized spacial score (nSPS) is 12.0. The predicted octanol–water partition coefficient (Wildman–Crippen LogP) is 22.8. The zero-order valence-corrected chi connectivity index (χ0v) is 50.4. The Morgan fingerprint density at radius 1 is 0.257 bits per heavy atom. The van der Waals surface area contributed by atoms with Crippen molar-refractivity contribution in [2.24, 2.45) is 0 Å². The van der Waals surface area contributed by atoms with Crippen LogP contribution in [0.15, 0.2) is 12.2 Å². The fraction of sp³-hybridized carbons (Fsp3) is 0.926. The van der Waals surface area contributed by atoms with E-state index in [1.165, 1.54) is 289 Å². The first-order valence-corrected chi connectivity index (χ1v) is 33.7. The zero-order valence-electron chi connectivity index (χ0n) is 50.4. The van der Waals surface area contributed by atoms with E-state index in [0.717, 1.165) is 57.8 Å². The quantitative estimate of drug-likeness (QED) is 0.0261. The molecule has 0 saturated heterocycles. The maximum Gasteiger partial charge on any atom is 0.306 e. The lowest BCUT2D eigenvalue weighted by Gasteiger charge is -2.18. The molecule has 0 fully saturated rings. The van der Waals surface area contributed by atoms with E-state index in [9.17, 15) is 14.4 Å². The van der Waals surface area contributed by atoms with E-state index in [4.69, 9.17) is 14.2 Å². The Balaban J connectivity index is 3.96. The minimum atomic E-state index is -0.762. The second-order valence-electron chi connectivity index (χ2n) is 23.1. The van der Waals surface area contributed by atoms with Crippen molar-refractivity contribution in [2.45, 2.75) is 393 Å². The van der Waals surface area contributed by atoms with Crippen LogP contribution in [-0.4, -0.2) is 37.2 Å². The van der Waals surface area contributed by atoms with Gasteiger partial charge in [-0.1, -0.05) is 335 Å². The zero-order chi connectivity index (χ0) is 53.6. The van der Waals surface area contributed by atoms with Gasteiger partial charge in [-0.15, -0.1) is 0 Å². The van der Waals surface area contributed by atoms with Gasteiger partial charge in [0, 0.05) is 19.3 Å². The highest BCUT2D eigenvalue weighted by Gasteiger charge is 2.19. The Morgan fingerprint density at radius 3 is 0.676 bits per heavy atom. The summed E-state index contributed by atoms with van der Waals surface area (Å²) in [6, 6.07) is 0. The Hall–Kier alpha value is -1.85. The molecule has 6 heteroatoms. The van der Waals surface area contributed by atoms with Crippen molar-refractivity contribution in [3.8, 4) is 0 Å². The smallest absolute Gasteiger partial charge is 0.306 e. The van der Waals surface area contributed by atoms with E-state index in [1.54, 1.807) is 0 Å². The molecule has 438 valence electrons. The van der Waals surface area contributed by atoms with Gasteiger partial charge in [-0.2, -0.15) is 0 Å². The first kappa shape index (κ1) is 72.2. The van der Waals surface area contributed by atoms with Crippen molar-refractivity contribution in [1.82, 2.24) is 0 Å². The van der Waals surface area contributed by atoms with Gasteiger partial charge in [-0.3, -0.25) is 14.4 Å². The summed E-state index contributed by atoms with van der Waals surface area (Å²) in [4.78, 5) is 38.0. The highest BCUT2D eigenvalue weighted by Crippen LogP contribution is 2.19. The Kier molecular flexibility index (Phi) is 62.1. The molecule has 0 aliphatic heterocycles. The van der Waals surface area contributed by atoms with Crippen LogP contribution in [0.3, 0.4) is 0 Å². The average molecular weight is 1040 g/mol. The van der Waals surface area contributed by atoms with Crippen molar-refractivity contribution >= 4 is 17.9 Å². The molecule has 0 saturated carbocycles. The van der Waals surface area contributed by atoms with Gasteiger partial charge in [0.25, 0.3) is 0 Å². The van der Waals surface area contributed by atoms with E-state index in [2.05, 4.69) is 32.9 Å². The van der Waals surface area contributed by atoms with E-state index in [1.807, 2.05) is 0 Å². The Morgan fingerprint density at radius 2 is 0.446 bits per heavy atom. The second-order valence-corrected chi connectivity index (χ2v) is 23.1. The minimum Gasteiger partial charge on any atom is -0.462 e. The molecule has 0 aromatic rings. The average Bonchev–Trinajstić information content (AvgIpc) is 3.40. The van der Waals surface area contributed by atoms with Gasteiger partial charge in [0.15, 0.2) is 6.10 Å². The van der Waals surface area contributed by atoms with Crippen LogP contribution in [0.2, 0.25) is 0 Å². The first-order valence-electron chi connectivity index (χ1n) is 33.7. The summed E-state index contributed by atoms with van der Waals surface area (Å²) < 4.78 is 16.8. The molecule has 0 rings (SSSR count). The number of hydrogen-bond donors (Lipinski definition) is 0. The molecular weight excluding hydrogens is 913 g/mol. The molecular formula is C68H130O6. The molecule has 0 aliphatic carbocycles. The topological polar surface area (TPSA) is 78.9 Å². The molecule has 0 aliphatic rings. The third-order valence-electron chi connectivity index (χ3n) is 15.5. The standard InChI is InChI=1S/C68H130O6/c1-4-7-10-13-16-18-20-22-24-26-28-30-31-32-33-34-35-36-37-39-40-42-44-46-48-50-52-55-58-61-67(70)73-64-65(63-72-66(69)60-57-54-15-12-9-6-3)74-68(71)62-59-56-53-51-49-47-45-43-41-38-29-27-25-23-21-19-17-14-11-8-5-2/h26,28,65H,4-25,27,29-64H2,1-3H3/b28-26-. The summed E-state index contributed by atoms with van der Waals surface area (Å²) in [5.41, 5.74) is 0. The van der Waals surface area contributed by atoms with E-state index in [-0.39, 0.29) is 31.1 Å². The summed E-state index contributed by atoms with van der Waals surface area (Å²) in [7, 11) is 0. The molecule has 0 amide bonds. The minimum absolute atomic E-state index is 0.0636. The van der Waals surface area contributed by atoms with Crippen LogP contribution in [0.5, 0.6) is 0 Å². The highest BCUT2D eigenvalue weighted by molar-refractivity contribution is 5.71. The number of ether oxygens (including phenoxy) is 3. The maximum atomic E-state index is 12.8. The van der Waals surface area contributed by atoms with Crippen LogP contribution in [0, 0.1) is 0 Å². The van der Waals surface area contributed by atoms with Crippen LogP contribution < -0.4 is 0 Å². The lowest BCUT2D eigenvalue weighted by molar-refractivity contribution is -0.167. The van der Waals surface area contributed by atoms with Gasteiger partial charge in [0.05, 0.1) is 0 Å². The van der Waals surface area contributed by atoms with E-state index in [0.29, 0.717) is 19.3 Å². The molecule has 0 radical (unpaired) electrons. The van der Waals surface area contributed by atoms with Crippen molar-refractivity contribution in [3.05, 3.63) is 12.2 Å². The Labute approximate surface area is 462 Å². The number of hydrogen-bond acceptors (Lipinski definition) is 6. The van der Waals surface area contributed by atoms with Gasteiger partial charge < -0.3 is 14.2 Å².